The maximum atomic E-state index is 12.6. The average Bonchev–Trinajstić information content (AvgIpc) is 3.01. The Balaban J connectivity index is 1.77. The predicted molar refractivity (Wildman–Crippen MR) is 107 cm³/mol. The van der Waals surface area contributed by atoms with E-state index in [4.69, 9.17) is 25.6 Å². The molecular weight excluding hydrogens is 380 g/mol. The second kappa shape index (κ2) is 8.35. The van der Waals surface area contributed by atoms with Crippen molar-refractivity contribution < 1.29 is 18.8 Å². The highest BCUT2D eigenvalue weighted by Gasteiger charge is 2.15. The highest BCUT2D eigenvalue weighted by Crippen LogP contribution is 2.30. The van der Waals surface area contributed by atoms with Crippen LogP contribution in [-0.2, 0) is 6.61 Å². The number of benzene rings is 2. The minimum atomic E-state index is -0.263. The van der Waals surface area contributed by atoms with Gasteiger partial charge in [0.2, 0.25) is 0 Å². The van der Waals surface area contributed by atoms with E-state index in [0.29, 0.717) is 40.1 Å². The van der Waals surface area contributed by atoms with E-state index in [0.717, 1.165) is 16.8 Å². The summed E-state index contributed by atoms with van der Waals surface area (Å²) in [6.45, 7) is 5.84. The number of ether oxygens (including phenoxy) is 2. The number of nitrogens with zero attached hydrogens (tertiary/aromatic N) is 1. The maximum absolute atomic E-state index is 12.6. The summed E-state index contributed by atoms with van der Waals surface area (Å²) in [5.41, 5.74) is 3.59. The fraction of sp³-hybridized carbons (Fsp3) is 0.238. The van der Waals surface area contributed by atoms with Crippen LogP contribution in [0.2, 0.25) is 5.02 Å². The molecule has 1 N–H and O–H groups in total. The first-order valence-corrected chi connectivity index (χ1v) is 9.07. The van der Waals surface area contributed by atoms with Gasteiger partial charge in [-0.05, 0) is 56.7 Å². The maximum Gasteiger partial charge on any atom is 0.255 e. The Hall–Kier alpha value is -2.99. The van der Waals surface area contributed by atoms with Gasteiger partial charge in [-0.2, -0.15) is 0 Å². The van der Waals surface area contributed by atoms with Crippen LogP contribution >= 0.6 is 11.6 Å². The number of aromatic nitrogens is 1. The number of carbonyl (C=O) groups is 1. The van der Waals surface area contributed by atoms with E-state index >= 15 is 0 Å². The van der Waals surface area contributed by atoms with Gasteiger partial charge < -0.3 is 19.3 Å². The molecule has 0 fully saturated rings. The number of amides is 1. The smallest absolute Gasteiger partial charge is 0.255 e. The summed E-state index contributed by atoms with van der Waals surface area (Å²) < 4.78 is 16.4. The van der Waals surface area contributed by atoms with Gasteiger partial charge in [0, 0.05) is 16.3 Å². The number of hydrogen-bond donors (Lipinski definition) is 1. The molecule has 28 heavy (non-hydrogen) atoms. The summed E-state index contributed by atoms with van der Waals surface area (Å²) in [6.07, 6.45) is 0. The van der Waals surface area contributed by atoms with Crippen molar-refractivity contribution in [1.82, 2.24) is 5.16 Å². The summed E-state index contributed by atoms with van der Waals surface area (Å²) in [4.78, 5) is 12.6. The largest absolute Gasteiger partial charge is 0.493 e. The molecule has 0 radical (unpaired) electrons. The zero-order valence-electron chi connectivity index (χ0n) is 16.1. The number of hydrogen-bond acceptors (Lipinski definition) is 5. The van der Waals surface area contributed by atoms with Gasteiger partial charge in [0.15, 0.2) is 11.5 Å². The molecule has 0 spiro atoms. The Kier molecular flexibility index (Phi) is 5.90. The molecule has 3 rings (SSSR count). The van der Waals surface area contributed by atoms with E-state index in [1.807, 2.05) is 20.8 Å². The molecule has 0 aliphatic rings. The van der Waals surface area contributed by atoms with Crippen LogP contribution < -0.4 is 14.8 Å². The second-order valence-corrected chi connectivity index (χ2v) is 6.73. The van der Waals surface area contributed by atoms with Crippen molar-refractivity contribution in [3.63, 3.8) is 0 Å². The number of halogens is 1. The SMILES string of the molecule is COc1cc(C(=O)Nc2cccc(Cl)c2C)ccc1OCc1c(C)noc1C. The number of carbonyl (C=O) groups excluding carboxylic acids is 1. The molecule has 0 atom stereocenters. The number of aryl methyl sites for hydroxylation is 2. The van der Waals surface area contributed by atoms with E-state index in [2.05, 4.69) is 10.5 Å². The van der Waals surface area contributed by atoms with Crippen molar-refractivity contribution >= 4 is 23.2 Å². The minimum absolute atomic E-state index is 0.263. The molecule has 146 valence electrons. The summed E-state index contributed by atoms with van der Waals surface area (Å²) in [5, 5.41) is 7.38. The van der Waals surface area contributed by atoms with E-state index in [1.165, 1.54) is 7.11 Å². The number of rotatable bonds is 6. The first-order chi connectivity index (χ1) is 13.4. The quantitative estimate of drug-likeness (QED) is 0.623. The Labute approximate surface area is 168 Å². The van der Waals surface area contributed by atoms with Crippen LogP contribution in [0.1, 0.15) is 32.9 Å². The summed E-state index contributed by atoms with van der Waals surface area (Å²) in [7, 11) is 1.53. The lowest BCUT2D eigenvalue weighted by Crippen LogP contribution is -2.13. The van der Waals surface area contributed by atoms with Gasteiger partial charge in [-0.15, -0.1) is 0 Å². The molecule has 7 heteroatoms. The van der Waals surface area contributed by atoms with Gasteiger partial charge in [-0.1, -0.05) is 22.8 Å². The van der Waals surface area contributed by atoms with Crippen molar-refractivity contribution in [2.45, 2.75) is 27.4 Å². The van der Waals surface area contributed by atoms with Gasteiger partial charge in [0.1, 0.15) is 12.4 Å². The van der Waals surface area contributed by atoms with Crippen molar-refractivity contribution in [3.05, 3.63) is 69.6 Å². The Bertz CT molecular complexity index is 994. The van der Waals surface area contributed by atoms with E-state index in [9.17, 15) is 4.79 Å². The minimum Gasteiger partial charge on any atom is -0.493 e. The Morgan fingerprint density at radius 2 is 1.96 bits per heavy atom. The molecule has 0 saturated carbocycles. The fourth-order valence-electron chi connectivity index (χ4n) is 2.72. The summed E-state index contributed by atoms with van der Waals surface area (Å²) >= 11 is 6.11. The molecule has 2 aromatic carbocycles. The molecule has 0 unspecified atom stereocenters. The second-order valence-electron chi connectivity index (χ2n) is 6.32. The zero-order chi connectivity index (χ0) is 20.3. The first kappa shape index (κ1) is 19.8. The highest BCUT2D eigenvalue weighted by atomic mass is 35.5. The van der Waals surface area contributed by atoms with Crippen LogP contribution in [0.5, 0.6) is 11.5 Å². The van der Waals surface area contributed by atoms with Crippen molar-refractivity contribution in [2.24, 2.45) is 0 Å². The highest BCUT2D eigenvalue weighted by molar-refractivity contribution is 6.31. The van der Waals surface area contributed by atoms with Gasteiger partial charge >= 0.3 is 0 Å². The average molecular weight is 401 g/mol. The number of methoxy groups -OCH3 is 1. The lowest BCUT2D eigenvalue weighted by Gasteiger charge is -2.13. The van der Waals surface area contributed by atoms with Gasteiger partial charge in [-0.25, -0.2) is 0 Å². The lowest BCUT2D eigenvalue weighted by molar-refractivity contribution is 0.102. The standard InChI is InChI=1S/C21H21ClN2O4/c1-12-17(22)6-5-7-18(12)23-21(25)15-8-9-19(20(10-15)26-4)27-11-16-13(2)24-28-14(16)3/h5-10H,11H2,1-4H3,(H,23,25). The fourth-order valence-corrected chi connectivity index (χ4v) is 2.90. The van der Waals surface area contributed by atoms with Crippen molar-refractivity contribution in [3.8, 4) is 11.5 Å². The third-order valence-electron chi connectivity index (χ3n) is 4.49. The van der Waals surface area contributed by atoms with E-state index in [1.54, 1.807) is 36.4 Å². The molecule has 0 saturated heterocycles. The van der Waals surface area contributed by atoms with Crippen LogP contribution in [0, 0.1) is 20.8 Å². The molecule has 0 bridgehead atoms. The number of nitrogens with one attached hydrogen (secondary N) is 1. The van der Waals surface area contributed by atoms with Crippen LogP contribution in [0.15, 0.2) is 40.9 Å². The first-order valence-electron chi connectivity index (χ1n) is 8.69. The van der Waals surface area contributed by atoms with Gasteiger partial charge in [-0.3, -0.25) is 4.79 Å². The summed E-state index contributed by atoms with van der Waals surface area (Å²) in [5.74, 6) is 1.44. The normalized spacial score (nSPS) is 10.6. The Morgan fingerprint density at radius 3 is 2.64 bits per heavy atom. The Morgan fingerprint density at radius 1 is 1.18 bits per heavy atom. The van der Waals surface area contributed by atoms with Crippen LogP contribution in [0.3, 0.4) is 0 Å². The molecule has 0 aliphatic carbocycles. The third-order valence-corrected chi connectivity index (χ3v) is 4.90. The molecule has 1 heterocycles. The topological polar surface area (TPSA) is 73.6 Å². The third kappa shape index (κ3) is 4.12. The van der Waals surface area contributed by atoms with Crippen LogP contribution in [-0.4, -0.2) is 18.2 Å². The summed E-state index contributed by atoms with van der Waals surface area (Å²) in [6, 6.07) is 10.4. The van der Waals surface area contributed by atoms with Crippen LogP contribution in [0.4, 0.5) is 5.69 Å². The molecule has 1 aromatic heterocycles. The molecule has 0 aliphatic heterocycles. The van der Waals surface area contributed by atoms with Crippen molar-refractivity contribution in [1.29, 1.82) is 0 Å². The molecule has 6 nitrogen and oxygen atoms in total. The van der Waals surface area contributed by atoms with E-state index < -0.39 is 0 Å². The van der Waals surface area contributed by atoms with E-state index in [-0.39, 0.29) is 5.91 Å². The van der Waals surface area contributed by atoms with Crippen LogP contribution in [0.25, 0.3) is 0 Å². The zero-order valence-corrected chi connectivity index (χ0v) is 16.9. The van der Waals surface area contributed by atoms with Crippen molar-refractivity contribution in [2.75, 3.05) is 12.4 Å². The van der Waals surface area contributed by atoms with Gasteiger partial charge in [0.25, 0.3) is 5.91 Å². The molecule has 3 aromatic rings. The molecule has 1 amide bonds. The van der Waals surface area contributed by atoms with Gasteiger partial charge in [0.05, 0.1) is 18.4 Å². The molecular formula is C21H21ClN2O4. The predicted octanol–water partition coefficient (Wildman–Crippen LogP) is 5.09. The number of anilines is 1. The monoisotopic (exact) mass is 400 g/mol. The lowest BCUT2D eigenvalue weighted by atomic mass is 10.1.